The number of methoxy groups -OCH3 is 1. The lowest BCUT2D eigenvalue weighted by atomic mass is 9.92. The van der Waals surface area contributed by atoms with Crippen LogP contribution in [0.25, 0.3) is 16.9 Å². The summed E-state index contributed by atoms with van der Waals surface area (Å²) in [6.45, 7) is 0. The van der Waals surface area contributed by atoms with Crippen molar-refractivity contribution >= 4 is 5.95 Å². The lowest BCUT2D eigenvalue weighted by molar-refractivity contribution is 0.415. The number of hydrogen-bond donors (Lipinski definition) is 1. The van der Waals surface area contributed by atoms with E-state index in [2.05, 4.69) is 21.6 Å². The largest absolute Gasteiger partial charge is 0.497 e. The number of hydrogen-bond acceptors (Lipinski definition) is 5. The minimum atomic E-state index is -0.254. The van der Waals surface area contributed by atoms with Gasteiger partial charge in [-0.15, -0.1) is 0 Å². The van der Waals surface area contributed by atoms with E-state index in [1.165, 1.54) is 12.1 Å². The highest BCUT2D eigenvalue weighted by Gasteiger charge is 2.33. The fraction of sp³-hybridized carbons (Fsp3) is 0.148. The van der Waals surface area contributed by atoms with Crippen molar-refractivity contribution in [3.8, 4) is 22.7 Å². The van der Waals surface area contributed by atoms with Crippen LogP contribution in [0.1, 0.15) is 29.6 Å². The molecule has 0 spiro atoms. The van der Waals surface area contributed by atoms with Crippen LogP contribution >= 0.6 is 0 Å². The highest BCUT2D eigenvalue weighted by atomic mass is 19.1. The van der Waals surface area contributed by atoms with E-state index < -0.39 is 0 Å². The minimum Gasteiger partial charge on any atom is -0.497 e. The summed E-state index contributed by atoms with van der Waals surface area (Å²) in [5.74, 6) is 1.20. The molecule has 0 saturated carbocycles. The van der Waals surface area contributed by atoms with Gasteiger partial charge in [0.15, 0.2) is 0 Å². The van der Waals surface area contributed by atoms with Crippen molar-refractivity contribution in [2.45, 2.75) is 18.5 Å². The van der Waals surface area contributed by atoms with Gasteiger partial charge in [-0.1, -0.05) is 30.3 Å². The van der Waals surface area contributed by atoms with Gasteiger partial charge < -0.3 is 10.1 Å². The lowest BCUT2D eigenvalue weighted by Gasteiger charge is -2.31. The first kappa shape index (κ1) is 21.1. The van der Waals surface area contributed by atoms with Crippen LogP contribution < -0.4 is 10.1 Å². The number of aromatic nitrogens is 5. The molecule has 0 unspecified atom stereocenters. The van der Waals surface area contributed by atoms with Crippen molar-refractivity contribution in [3.63, 3.8) is 0 Å². The normalized spacial score (nSPS) is 17.0. The van der Waals surface area contributed by atoms with Crippen molar-refractivity contribution < 1.29 is 9.13 Å². The van der Waals surface area contributed by atoms with Gasteiger partial charge in [0.1, 0.15) is 17.9 Å². The monoisotopic (exact) mass is 466 g/mol. The van der Waals surface area contributed by atoms with Crippen LogP contribution in [-0.2, 0) is 0 Å². The van der Waals surface area contributed by atoms with Crippen LogP contribution in [0.3, 0.4) is 0 Å². The van der Waals surface area contributed by atoms with Crippen molar-refractivity contribution in [1.82, 2.24) is 24.5 Å². The van der Waals surface area contributed by atoms with E-state index in [0.29, 0.717) is 12.4 Å². The molecule has 1 N–H and O–H groups in total. The predicted octanol–water partition coefficient (Wildman–Crippen LogP) is 5.42. The number of fused-ring (bicyclic) bond motifs is 1. The predicted molar refractivity (Wildman–Crippen MR) is 131 cm³/mol. The maximum atomic E-state index is 13.6. The Morgan fingerprint density at radius 3 is 2.49 bits per heavy atom. The van der Waals surface area contributed by atoms with Crippen LogP contribution in [0.2, 0.25) is 0 Å². The topological polar surface area (TPSA) is 69.8 Å². The molecule has 1 aliphatic rings. The average Bonchev–Trinajstić information content (AvgIpc) is 3.57. The summed E-state index contributed by atoms with van der Waals surface area (Å²) < 4.78 is 22.7. The summed E-state index contributed by atoms with van der Waals surface area (Å²) in [5.41, 5.74) is 4.83. The molecule has 2 atom stereocenters. The molecule has 7 nitrogen and oxygen atoms in total. The fourth-order valence-electron chi connectivity index (χ4n) is 4.61. The number of ether oxygens (including phenoxy) is 1. The Hall–Kier alpha value is -4.46. The SMILES string of the molecule is COc1ccc(-c2nn(-c3ccccc3)cc2[C@@H]2C[C@H](c3ccc(F)cc3)Nc3ncnn32)cc1. The molecule has 3 aromatic carbocycles. The third kappa shape index (κ3) is 3.93. The highest BCUT2D eigenvalue weighted by molar-refractivity contribution is 5.65. The molecule has 0 radical (unpaired) electrons. The van der Waals surface area contributed by atoms with Crippen molar-refractivity contribution in [3.05, 3.63) is 108 Å². The quantitative estimate of drug-likeness (QED) is 0.374. The van der Waals surface area contributed by atoms with Gasteiger partial charge in [0.25, 0.3) is 0 Å². The number of rotatable bonds is 5. The summed E-state index contributed by atoms with van der Waals surface area (Å²) in [7, 11) is 1.65. The number of para-hydroxylation sites is 1. The Kier molecular flexibility index (Phi) is 5.25. The third-order valence-electron chi connectivity index (χ3n) is 6.39. The van der Waals surface area contributed by atoms with Crippen LogP contribution in [0.5, 0.6) is 5.75 Å². The third-order valence-corrected chi connectivity index (χ3v) is 6.39. The zero-order valence-electron chi connectivity index (χ0n) is 19.0. The van der Waals surface area contributed by atoms with Gasteiger partial charge in [0.2, 0.25) is 5.95 Å². The number of nitrogens with zero attached hydrogens (tertiary/aromatic N) is 5. The van der Waals surface area contributed by atoms with Gasteiger partial charge in [-0.05, 0) is 60.5 Å². The van der Waals surface area contributed by atoms with Crippen molar-refractivity contribution in [2.75, 3.05) is 12.4 Å². The van der Waals surface area contributed by atoms with Gasteiger partial charge >= 0.3 is 0 Å². The number of halogens is 1. The molecule has 174 valence electrons. The molecule has 8 heteroatoms. The van der Waals surface area contributed by atoms with E-state index in [-0.39, 0.29) is 17.9 Å². The number of anilines is 1. The molecule has 0 aliphatic carbocycles. The van der Waals surface area contributed by atoms with Gasteiger partial charge in [-0.3, -0.25) is 0 Å². The first-order chi connectivity index (χ1) is 17.2. The summed E-state index contributed by atoms with van der Waals surface area (Å²) in [4.78, 5) is 4.44. The Balaban J connectivity index is 1.48. The molecule has 1 aliphatic heterocycles. The average molecular weight is 467 g/mol. The maximum Gasteiger partial charge on any atom is 0.222 e. The number of benzene rings is 3. The van der Waals surface area contributed by atoms with Crippen molar-refractivity contribution in [2.24, 2.45) is 0 Å². The number of nitrogens with one attached hydrogen (secondary N) is 1. The van der Waals surface area contributed by atoms with Crippen LogP contribution in [0.15, 0.2) is 91.4 Å². The molecule has 35 heavy (non-hydrogen) atoms. The van der Waals surface area contributed by atoms with E-state index in [4.69, 9.17) is 9.84 Å². The van der Waals surface area contributed by atoms with Crippen LogP contribution in [-0.4, -0.2) is 31.7 Å². The molecular formula is C27H23FN6O. The first-order valence-corrected chi connectivity index (χ1v) is 11.4. The highest BCUT2D eigenvalue weighted by Crippen LogP contribution is 2.41. The molecule has 2 aromatic heterocycles. The first-order valence-electron chi connectivity index (χ1n) is 11.4. The Labute approximate surface area is 201 Å². The van der Waals surface area contributed by atoms with Gasteiger partial charge in [0, 0.05) is 17.3 Å². The van der Waals surface area contributed by atoms with Gasteiger partial charge in [0.05, 0.1) is 30.6 Å². The summed E-state index contributed by atoms with van der Waals surface area (Å²) in [5, 5.41) is 13.0. The molecular weight excluding hydrogens is 443 g/mol. The Bertz CT molecular complexity index is 1440. The molecule has 5 aromatic rings. The smallest absolute Gasteiger partial charge is 0.222 e. The van der Waals surface area contributed by atoms with Crippen LogP contribution in [0.4, 0.5) is 10.3 Å². The molecule has 0 amide bonds. The standard InChI is InChI=1S/C27H23FN6O/c1-35-22-13-9-19(10-14-22)26-23(16-33(32-26)21-5-3-2-4-6-21)25-15-24(18-7-11-20(28)12-8-18)31-27-29-17-30-34(25)27/h2-14,16-17,24-25H,15H2,1H3,(H,29,30,31)/t24-,25+/m1/s1. The molecule has 6 rings (SSSR count). The second-order valence-corrected chi connectivity index (χ2v) is 8.47. The van der Waals surface area contributed by atoms with E-state index in [1.807, 2.05) is 76.1 Å². The fourth-order valence-corrected chi connectivity index (χ4v) is 4.61. The lowest BCUT2D eigenvalue weighted by Crippen LogP contribution is -2.28. The summed E-state index contributed by atoms with van der Waals surface area (Å²) in [6.07, 6.45) is 4.32. The van der Waals surface area contributed by atoms with Crippen molar-refractivity contribution in [1.29, 1.82) is 0 Å². The zero-order chi connectivity index (χ0) is 23.8. The molecule has 3 heterocycles. The maximum absolute atomic E-state index is 13.6. The second-order valence-electron chi connectivity index (χ2n) is 8.47. The van der Waals surface area contributed by atoms with E-state index in [9.17, 15) is 4.39 Å². The van der Waals surface area contributed by atoms with Gasteiger partial charge in [-0.25, -0.2) is 13.8 Å². The molecule has 0 saturated heterocycles. The molecule has 0 bridgehead atoms. The molecule has 0 fully saturated rings. The van der Waals surface area contributed by atoms with E-state index in [1.54, 1.807) is 13.4 Å². The second kappa shape index (κ2) is 8.72. The van der Waals surface area contributed by atoms with Gasteiger partial charge in [-0.2, -0.15) is 15.2 Å². The summed E-state index contributed by atoms with van der Waals surface area (Å²) >= 11 is 0. The Morgan fingerprint density at radius 1 is 0.971 bits per heavy atom. The summed E-state index contributed by atoms with van der Waals surface area (Å²) in [6, 6.07) is 24.4. The van der Waals surface area contributed by atoms with Crippen LogP contribution in [0, 0.1) is 5.82 Å². The van der Waals surface area contributed by atoms with E-state index >= 15 is 0 Å². The Morgan fingerprint density at radius 2 is 1.74 bits per heavy atom. The minimum absolute atomic E-state index is 0.0545. The zero-order valence-corrected chi connectivity index (χ0v) is 19.0. The van der Waals surface area contributed by atoms with E-state index in [0.717, 1.165) is 33.8 Å².